The third-order valence-electron chi connectivity index (χ3n) is 3.13. The maximum Gasteiger partial charge on any atom is 0.246 e. The second-order valence-electron chi connectivity index (χ2n) is 4.95. The molecule has 128 valence electrons. The van der Waals surface area contributed by atoms with Gasteiger partial charge in [-0.3, -0.25) is 0 Å². The fraction of sp³-hybridized carbons (Fsp3) is 0.0625. The Hall–Kier alpha value is -2.39. The lowest BCUT2D eigenvalue weighted by molar-refractivity contribution is 0.376. The highest BCUT2D eigenvalue weighted by Gasteiger charge is 2.10. The van der Waals surface area contributed by atoms with Gasteiger partial charge in [-0.25, -0.2) is 8.78 Å². The summed E-state index contributed by atoms with van der Waals surface area (Å²) in [7, 11) is 0. The molecule has 9 heteroatoms. The van der Waals surface area contributed by atoms with Crippen molar-refractivity contribution >= 4 is 38.9 Å². The Kier molecular flexibility index (Phi) is 5.34. The van der Waals surface area contributed by atoms with Gasteiger partial charge in [-0.15, -0.1) is 0 Å². The Morgan fingerprint density at radius 2 is 2.04 bits per heavy atom. The van der Waals surface area contributed by atoms with Crippen molar-refractivity contribution in [2.75, 3.05) is 5.32 Å². The van der Waals surface area contributed by atoms with E-state index in [1.165, 1.54) is 6.07 Å². The lowest BCUT2D eigenvalue weighted by Crippen LogP contribution is -2.28. The molecule has 0 aliphatic carbocycles. The summed E-state index contributed by atoms with van der Waals surface area (Å²) >= 11 is 8.45. The molecule has 5 nitrogen and oxygen atoms in total. The van der Waals surface area contributed by atoms with E-state index in [4.69, 9.17) is 16.7 Å². The second-order valence-corrected chi connectivity index (χ2v) is 6.28. The van der Waals surface area contributed by atoms with Gasteiger partial charge >= 0.3 is 0 Å². The summed E-state index contributed by atoms with van der Waals surface area (Å²) in [6.07, 6.45) is 0. The zero-order valence-electron chi connectivity index (χ0n) is 12.6. The molecule has 0 fully saturated rings. The van der Waals surface area contributed by atoms with Gasteiger partial charge in [0.2, 0.25) is 11.7 Å². The Balaban J connectivity index is 1.59. The molecule has 0 aliphatic rings. The van der Waals surface area contributed by atoms with Crippen molar-refractivity contribution < 1.29 is 13.3 Å². The first-order chi connectivity index (χ1) is 12.0. The SMILES string of the molecule is Fc1ccc(NC(=S)NCc2nc(-c3cccc(Br)c3)no2)c(F)c1. The van der Waals surface area contributed by atoms with Crippen molar-refractivity contribution in [3.05, 3.63) is 64.5 Å². The summed E-state index contributed by atoms with van der Waals surface area (Å²) in [4.78, 5) is 4.26. The van der Waals surface area contributed by atoms with Crippen LogP contribution in [0.5, 0.6) is 0 Å². The van der Waals surface area contributed by atoms with E-state index >= 15 is 0 Å². The third kappa shape index (κ3) is 4.58. The van der Waals surface area contributed by atoms with Crippen molar-refractivity contribution in [2.24, 2.45) is 0 Å². The van der Waals surface area contributed by atoms with Crippen molar-refractivity contribution in [2.45, 2.75) is 6.54 Å². The number of aromatic nitrogens is 2. The van der Waals surface area contributed by atoms with Crippen LogP contribution in [0.15, 0.2) is 51.5 Å². The van der Waals surface area contributed by atoms with Gasteiger partial charge in [0, 0.05) is 16.1 Å². The number of rotatable bonds is 4. The summed E-state index contributed by atoms with van der Waals surface area (Å²) in [5, 5.41) is 9.50. The van der Waals surface area contributed by atoms with Crippen LogP contribution >= 0.6 is 28.1 Å². The lowest BCUT2D eigenvalue weighted by atomic mass is 10.2. The van der Waals surface area contributed by atoms with Crippen LogP contribution in [0.3, 0.4) is 0 Å². The lowest BCUT2D eigenvalue weighted by Gasteiger charge is -2.09. The molecular weight excluding hydrogens is 414 g/mol. The van der Waals surface area contributed by atoms with Crippen LogP contribution in [0.4, 0.5) is 14.5 Å². The molecular formula is C16H11BrF2N4OS. The number of nitrogens with zero attached hydrogens (tertiary/aromatic N) is 2. The van der Waals surface area contributed by atoms with Crippen LogP contribution in [0.25, 0.3) is 11.4 Å². The molecule has 3 rings (SSSR count). The van der Waals surface area contributed by atoms with Crippen molar-refractivity contribution in [3.63, 3.8) is 0 Å². The van der Waals surface area contributed by atoms with Crippen LogP contribution in [-0.4, -0.2) is 15.3 Å². The molecule has 0 saturated heterocycles. The number of hydrogen-bond acceptors (Lipinski definition) is 4. The molecule has 0 spiro atoms. The standard InChI is InChI=1S/C16H11BrF2N4OS/c17-10-3-1-2-9(6-10)15-22-14(24-23-15)8-20-16(25)21-13-5-4-11(18)7-12(13)19/h1-7H,8H2,(H2,20,21,25). The van der Waals surface area contributed by atoms with Crippen LogP contribution in [0.1, 0.15) is 5.89 Å². The molecule has 1 heterocycles. The van der Waals surface area contributed by atoms with Gasteiger partial charge in [-0.2, -0.15) is 4.98 Å². The van der Waals surface area contributed by atoms with E-state index in [0.717, 1.165) is 22.2 Å². The number of nitrogens with one attached hydrogen (secondary N) is 2. The largest absolute Gasteiger partial charge is 0.353 e. The van der Waals surface area contributed by atoms with Crippen molar-refractivity contribution in [1.82, 2.24) is 15.5 Å². The first-order valence-corrected chi connectivity index (χ1v) is 8.30. The number of thiocarbonyl (C=S) groups is 1. The minimum absolute atomic E-state index is 0.0688. The molecule has 2 aromatic carbocycles. The summed E-state index contributed by atoms with van der Waals surface area (Å²) in [5.41, 5.74) is 0.873. The molecule has 0 atom stereocenters. The molecule has 0 saturated carbocycles. The van der Waals surface area contributed by atoms with E-state index in [2.05, 4.69) is 36.7 Å². The molecule has 0 bridgehead atoms. The van der Waals surface area contributed by atoms with Gasteiger partial charge in [-0.05, 0) is 36.5 Å². The molecule has 0 amide bonds. The molecule has 0 aliphatic heterocycles. The molecule has 0 radical (unpaired) electrons. The van der Waals surface area contributed by atoms with Crippen LogP contribution in [-0.2, 0) is 6.54 Å². The first kappa shape index (κ1) is 17.4. The Morgan fingerprint density at radius 1 is 1.20 bits per heavy atom. The van der Waals surface area contributed by atoms with Gasteiger partial charge in [0.1, 0.15) is 11.6 Å². The van der Waals surface area contributed by atoms with Crippen LogP contribution < -0.4 is 10.6 Å². The van der Waals surface area contributed by atoms with Gasteiger partial charge in [-0.1, -0.05) is 33.2 Å². The second kappa shape index (κ2) is 7.66. The Labute approximate surface area is 155 Å². The fourth-order valence-electron chi connectivity index (χ4n) is 1.98. The minimum Gasteiger partial charge on any atom is -0.353 e. The van der Waals surface area contributed by atoms with E-state index in [0.29, 0.717) is 11.7 Å². The Morgan fingerprint density at radius 3 is 2.80 bits per heavy atom. The summed E-state index contributed by atoms with van der Waals surface area (Å²) in [5.74, 6) is -0.632. The zero-order chi connectivity index (χ0) is 17.8. The average molecular weight is 425 g/mol. The van der Waals surface area contributed by atoms with Gasteiger partial charge < -0.3 is 15.2 Å². The van der Waals surface area contributed by atoms with E-state index in [-0.39, 0.29) is 17.3 Å². The van der Waals surface area contributed by atoms with E-state index in [1.54, 1.807) is 0 Å². The molecule has 2 N–H and O–H groups in total. The number of hydrogen-bond donors (Lipinski definition) is 2. The maximum atomic E-state index is 13.6. The third-order valence-corrected chi connectivity index (χ3v) is 3.87. The van der Waals surface area contributed by atoms with Crippen molar-refractivity contribution in [1.29, 1.82) is 0 Å². The summed E-state index contributed by atoms with van der Waals surface area (Å²) < 4.78 is 32.5. The zero-order valence-corrected chi connectivity index (χ0v) is 15.0. The van der Waals surface area contributed by atoms with Gasteiger partial charge in [0.25, 0.3) is 0 Å². The Bertz CT molecular complexity index is 919. The average Bonchev–Trinajstić information content (AvgIpc) is 3.05. The van der Waals surface area contributed by atoms with Crippen molar-refractivity contribution in [3.8, 4) is 11.4 Å². The van der Waals surface area contributed by atoms with E-state index < -0.39 is 11.6 Å². The van der Waals surface area contributed by atoms with E-state index in [9.17, 15) is 8.78 Å². The molecule has 3 aromatic rings. The number of anilines is 1. The predicted molar refractivity (Wildman–Crippen MR) is 96.9 cm³/mol. The highest BCUT2D eigenvalue weighted by atomic mass is 79.9. The van der Waals surface area contributed by atoms with Crippen LogP contribution in [0, 0.1) is 11.6 Å². The summed E-state index contributed by atoms with van der Waals surface area (Å²) in [6.45, 7) is 0.162. The predicted octanol–water partition coefficient (Wildman–Crippen LogP) is 4.26. The monoisotopic (exact) mass is 424 g/mol. The topological polar surface area (TPSA) is 63.0 Å². The number of halogens is 3. The molecule has 0 unspecified atom stereocenters. The first-order valence-electron chi connectivity index (χ1n) is 7.10. The molecule has 1 aromatic heterocycles. The maximum absolute atomic E-state index is 13.6. The van der Waals surface area contributed by atoms with E-state index in [1.807, 2.05) is 24.3 Å². The molecule has 25 heavy (non-hydrogen) atoms. The summed E-state index contributed by atoms with van der Waals surface area (Å²) in [6, 6.07) is 10.6. The minimum atomic E-state index is -0.737. The normalized spacial score (nSPS) is 10.5. The smallest absolute Gasteiger partial charge is 0.246 e. The van der Waals surface area contributed by atoms with Gasteiger partial charge in [0.05, 0.1) is 12.2 Å². The van der Waals surface area contributed by atoms with Gasteiger partial charge in [0.15, 0.2) is 5.11 Å². The van der Waals surface area contributed by atoms with Crippen LogP contribution in [0.2, 0.25) is 0 Å². The number of benzene rings is 2. The fourth-order valence-corrected chi connectivity index (χ4v) is 2.57. The highest BCUT2D eigenvalue weighted by Crippen LogP contribution is 2.20. The highest BCUT2D eigenvalue weighted by molar-refractivity contribution is 9.10. The quantitative estimate of drug-likeness (QED) is 0.609.